The van der Waals surface area contributed by atoms with Gasteiger partial charge in [0.05, 0.1) is 99.5 Å². The zero-order valence-electron chi connectivity index (χ0n) is 61.8. The minimum absolute atomic E-state index is 0.00394. The van der Waals surface area contributed by atoms with Gasteiger partial charge in [-0.1, -0.05) is 49.4 Å². The number of aliphatic carboxylic acids is 1. The van der Waals surface area contributed by atoms with Gasteiger partial charge in [0.2, 0.25) is 11.9 Å². The van der Waals surface area contributed by atoms with Crippen LogP contribution in [0.2, 0.25) is 0 Å². The fraction of sp³-hybridized carbons (Fsp3) is 0.429. The van der Waals surface area contributed by atoms with Gasteiger partial charge in [-0.05, 0) is 135 Å². The number of nitrogens with two attached hydrogens (primary N) is 1. The molecule has 2 aliphatic carbocycles. The molecule has 4 aromatic heterocycles. The summed E-state index contributed by atoms with van der Waals surface area (Å²) in [7, 11) is 1.62. The number of nitrogens with zero attached hydrogens (tertiary/aromatic N) is 9. The van der Waals surface area contributed by atoms with Crippen LogP contribution in [-0.4, -0.2) is 187 Å². The number of rotatable bonds is 39. The van der Waals surface area contributed by atoms with Gasteiger partial charge in [-0.3, -0.25) is 38.7 Å². The van der Waals surface area contributed by atoms with E-state index in [0.717, 1.165) is 41.1 Å². The van der Waals surface area contributed by atoms with E-state index in [9.17, 15) is 38.7 Å². The number of nitrogens with one attached hydrogen (secondary N) is 6. The Morgan fingerprint density at radius 2 is 1.57 bits per heavy atom. The van der Waals surface area contributed by atoms with Gasteiger partial charge in [-0.15, -0.1) is 5.10 Å². The smallest absolute Gasteiger partial charge is 0.621 e. The van der Waals surface area contributed by atoms with Crippen LogP contribution in [0.5, 0.6) is 17.2 Å². The standard InChI is InChI=1S/C77H91BN16O16/c1-46(2)37-68(88-73(99)51(38-48-9-6-5-7-10-48)39-65(96)62-44-80-27-28-81-62)78-94(47(3)58-41-55(18-25-66(58)109-78)107-36-35-106-34-33-105-32-31-104-4)64-23-14-50(40-67(64)110-78)71(97)82-29-30-93-63-24-20-57-56(19-22-60(63)91-92-93)59(57)45-108-77(103)83-26-8-11-54(95)17-21-61(75(101)102)87-72(98)49-12-15-52(16-13-49)84-42-53-43-85-70-69(86-53)74(100)90-76(79)89-70/h5-7,9-10,12-16,18,23,25,27-28,40-41,43-44,46,51,56-57,59,61,68,84H,8,11,17,19-22,24,26,29-39,42,45H2,1-4H3,(H,82,97)(H,83,103)(H,87,98)(H,88,99)(H,101,102)(H3,79,85,89,90,100)/t51-,56+,57-,59+,61?,68-,78?/m0/s1. The van der Waals surface area contributed by atoms with E-state index >= 15 is 4.79 Å². The van der Waals surface area contributed by atoms with Gasteiger partial charge in [0.25, 0.3) is 17.4 Å². The van der Waals surface area contributed by atoms with Crippen molar-refractivity contribution in [3.63, 3.8) is 0 Å². The van der Waals surface area contributed by atoms with E-state index in [0.29, 0.717) is 117 Å². The van der Waals surface area contributed by atoms with Gasteiger partial charge >= 0.3 is 18.7 Å². The lowest BCUT2D eigenvalue weighted by Crippen LogP contribution is -2.71. The third kappa shape index (κ3) is 19.6. The van der Waals surface area contributed by atoms with Crippen LogP contribution in [0.1, 0.15) is 132 Å². The number of aromatic nitrogens is 9. The van der Waals surface area contributed by atoms with Gasteiger partial charge in [0, 0.05) is 87.6 Å². The predicted molar refractivity (Wildman–Crippen MR) is 402 cm³/mol. The number of H-pyrrole nitrogens is 1. The van der Waals surface area contributed by atoms with Crippen molar-refractivity contribution in [2.75, 3.05) is 77.5 Å². The van der Waals surface area contributed by atoms with Crippen LogP contribution in [0, 0.1) is 29.6 Å². The number of nitrogen functional groups attached to an aromatic ring is 1. The van der Waals surface area contributed by atoms with Crippen LogP contribution < -0.4 is 51.9 Å². The number of benzene rings is 4. The number of anilines is 2. The molecule has 12 rings (SSSR count). The van der Waals surface area contributed by atoms with Crippen LogP contribution in [0.4, 0.5) is 22.1 Å². The highest BCUT2D eigenvalue weighted by Gasteiger charge is 2.63. The zero-order chi connectivity index (χ0) is 77.3. The number of carbonyl (C=O) groups is 7. The summed E-state index contributed by atoms with van der Waals surface area (Å²) < 4.78 is 46.4. The first kappa shape index (κ1) is 78.0. The summed E-state index contributed by atoms with van der Waals surface area (Å²) in [5.74, 6) is -2.64. The topological polar surface area (TPSA) is 422 Å². The molecule has 2 unspecified atom stereocenters. The number of hydrogen-bond acceptors (Lipinski definition) is 24. The molecule has 4 aliphatic rings. The molecule has 4 amide bonds. The van der Waals surface area contributed by atoms with E-state index in [1.54, 1.807) is 31.4 Å². The molecule has 0 spiro atoms. The highest BCUT2D eigenvalue weighted by atomic mass is 16.6. The Hall–Kier alpha value is -11.6. The summed E-state index contributed by atoms with van der Waals surface area (Å²) in [6.45, 7) is 6.90. The molecule has 1 fully saturated rings. The Morgan fingerprint density at radius 1 is 0.809 bits per heavy atom. The first-order chi connectivity index (χ1) is 53.3. The summed E-state index contributed by atoms with van der Waals surface area (Å²) in [6, 6.07) is 25.3. The molecule has 0 saturated heterocycles. The second kappa shape index (κ2) is 36.6. The van der Waals surface area contributed by atoms with E-state index in [2.05, 4.69) is 66.8 Å². The first-order valence-electron chi connectivity index (χ1n) is 37.2. The molecule has 0 radical (unpaired) electrons. The molecular formula is C77H91BN16O16. The summed E-state index contributed by atoms with van der Waals surface area (Å²) >= 11 is 0. The number of carbonyl (C=O) groups excluding carboxylic acids is 6. The predicted octanol–water partition coefficient (Wildman–Crippen LogP) is 6.34. The van der Waals surface area contributed by atoms with Gasteiger partial charge in [0.1, 0.15) is 41.3 Å². The van der Waals surface area contributed by atoms with E-state index < -0.39 is 48.1 Å². The number of methoxy groups -OCH3 is 1. The molecule has 1 saturated carbocycles. The second-order valence-electron chi connectivity index (χ2n) is 28.2. The first-order valence-corrected chi connectivity index (χ1v) is 37.2. The molecule has 7 atom stereocenters. The van der Waals surface area contributed by atoms with Gasteiger partial charge in [-0.25, -0.2) is 29.2 Å². The minimum Gasteiger partial charge on any atom is -0.621 e. The number of aromatic amines is 1. The minimum atomic E-state index is -2.74. The Kier molecular flexibility index (Phi) is 25.9. The fourth-order valence-corrected chi connectivity index (χ4v) is 14.5. The van der Waals surface area contributed by atoms with Crippen LogP contribution in [0.15, 0.2) is 121 Å². The maximum absolute atomic E-state index is 15.1. The van der Waals surface area contributed by atoms with Crippen molar-refractivity contribution < 1.29 is 76.1 Å². The molecule has 2 aliphatic heterocycles. The average molecular weight is 1510 g/mol. The highest BCUT2D eigenvalue weighted by molar-refractivity contribution is 6.65. The van der Waals surface area contributed by atoms with Crippen molar-refractivity contribution >= 4 is 82.2 Å². The number of ether oxygens (including phenoxy) is 5. The summed E-state index contributed by atoms with van der Waals surface area (Å²) in [6.07, 6.45) is 8.91. The van der Waals surface area contributed by atoms with E-state index in [-0.39, 0.29) is 129 Å². The van der Waals surface area contributed by atoms with Crippen molar-refractivity contribution in [2.24, 2.45) is 29.6 Å². The Labute approximate surface area is 633 Å². The molecule has 6 heterocycles. The number of Topliss-reactive ketones (excluding diaryl/α,β-unsaturated/α-hetero) is 2. The highest BCUT2D eigenvalue weighted by Crippen LogP contribution is 2.53. The van der Waals surface area contributed by atoms with Crippen LogP contribution in [0.3, 0.4) is 0 Å². The Morgan fingerprint density at radius 3 is 2.34 bits per heavy atom. The van der Waals surface area contributed by atoms with Gasteiger partial charge < -0.3 is 74.9 Å². The quantitative estimate of drug-likeness (QED) is 0.0118. The Balaban J connectivity index is 0.613. The number of amides is 4. The molecule has 33 heteroatoms. The van der Waals surface area contributed by atoms with Crippen molar-refractivity contribution in [1.82, 2.24) is 66.2 Å². The number of carboxylic acids is 1. The van der Waals surface area contributed by atoms with E-state index in [1.807, 2.05) is 84.5 Å². The maximum Gasteiger partial charge on any atom is 0.675 e. The fourth-order valence-electron chi connectivity index (χ4n) is 14.5. The monoisotopic (exact) mass is 1510 g/mol. The Bertz CT molecular complexity index is 4720. The summed E-state index contributed by atoms with van der Waals surface area (Å²) in [4.78, 5) is 130. The van der Waals surface area contributed by atoms with Crippen LogP contribution in [0.25, 0.3) is 11.2 Å². The van der Waals surface area contributed by atoms with Crippen LogP contribution in [-0.2, 0) is 65.7 Å². The van der Waals surface area contributed by atoms with E-state index in [1.165, 1.54) is 36.9 Å². The molecule has 578 valence electrons. The number of aryl methyl sites for hydroxylation is 1. The zero-order valence-corrected chi connectivity index (χ0v) is 61.8. The molecule has 32 nitrogen and oxygen atoms in total. The molecule has 8 aromatic rings. The average Bonchev–Trinajstić information content (AvgIpc) is 1.53. The van der Waals surface area contributed by atoms with Crippen molar-refractivity contribution in [3.8, 4) is 17.2 Å². The molecule has 110 heavy (non-hydrogen) atoms. The second-order valence-corrected chi connectivity index (χ2v) is 28.2. The van der Waals surface area contributed by atoms with Crippen molar-refractivity contribution in [3.05, 3.63) is 171 Å². The summed E-state index contributed by atoms with van der Waals surface area (Å²) in [5.41, 5.74) is 11.8. The third-order valence-electron chi connectivity index (χ3n) is 20.2. The lowest BCUT2D eigenvalue weighted by molar-refractivity contribution is -0.327. The van der Waals surface area contributed by atoms with Gasteiger partial charge in [-0.2, -0.15) is 4.98 Å². The number of hydrogen-bond donors (Lipinski definition) is 8. The lowest BCUT2D eigenvalue weighted by atomic mass is 9.58. The van der Waals surface area contributed by atoms with Gasteiger partial charge in [0.15, 0.2) is 22.6 Å². The van der Waals surface area contributed by atoms with E-state index in [4.69, 9.17) is 38.7 Å². The normalized spacial score (nSPS) is 17.4. The lowest BCUT2D eigenvalue weighted by Gasteiger charge is -2.42. The largest absolute Gasteiger partial charge is 0.675 e. The molecule has 0 bridgehead atoms. The maximum atomic E-state index is 15.1. The van der Waals surface area contributed by atoms with Crippen molar-refractivity contribution in [2.45, 2.75) is 116 Å². The van der Waals surface area contributed by atoms with Crippen molar-refractivity contribution in [1.29, 1.82) is 0 Å². The van der Waals surface area contributed by atoms with Crippen LogP contribution >= 0.6 is 0 Å². The molecular weight excluding hydrogens is 1420 g/mol. The third-order valence-corrected chi connectivity index (χ3v) is 20.2. The number of ketones is 2. The number of fused-ring (bicyclic) bond motifs is 7. The molecule has 4 aromatic carbocycles. The number of carboxylic acid groups (broad SMARTS) is 1. The molecule has 9 N–H and O–H groups in total. The SMILES string of the molecule is COCCOCCOCCOc1ccc2c(c1)C(C)=[N+]1c3ccc(C(=O)NCCn4nnc5c4CC[C@H]4[C@@H](CC5)[C@H]4COC(=O)NCCCC(=O)CCC(NC(=O)c4ccc(NCc5cnc6nc(N)[nH]c(=O)c6n5)cc4)C(=O)O)cc3O[B-]1([C@H](CC(C)C)NC(=O)[C@H](CC(=O)c1cnccn1)Cc1ccccc1)O2. The number of alkyl carbamates (subject to hydrolysis) is 1. The summed E-state index contributed by atoms with van der Waals surface area (Å²) in [5, 5.41) is 33.7.